The summed E-state index contributed by atoms with van der Waals surface area (Å²) in [5, 5.41) is 34.5. The molecule has 1 aliphatic rings. The standard InChI is InChI=1S/C25H29N5O6/c26-19(11-17-13-28-20-8-4-3-7-18(17)20)25(33)27-9-5-1-2-6-16-10-23(30(34)35)29(14-16)24-12-21(32)22(15-31)36-24/h3-4,7-8,10,13-14,19,21-22,24,28,31-32H,1,5,9,11-12,15,26H2,(H,27,33)/t19-,21-,22+,24+/m0/s1. The van der Waals surface area contributed by atoms with Gasteiger partial charge in [-0.3, -0.25) is 4.79 Å². The van der Waals surface area contributed by atoms with Gasteiger partial charge < -0.3 is 41.1 Å². The number of H-pyrrole nitrogens is 1. The second-order valence-corrected chi connectivity index (χ2v) is 8.73. The van der Waals surface area contributed by atoms with Crippen LogP contribution in [0.2, 0.25) is 0 Å². The third-order valence-electron chi connectivity index (χ3n) is 6.17. The number of unbranched alkanes of at least 4 members (excludes halogenated alkanes) is 1. The number of aliphatic hydroxyl groups excluding tert-OH is 2. The highest BCUT2D eigenvalue weighted by Gasteiger charge is 2.39. The first-order chi connectivity index (χ1) is 17.4. The molecule has 1 aromatic carbocycles. The summed E-state index contributed by atoms with van der Waals surface area (Å²) in [6.07, 6.45) is 2.57. The number of hydrogen-bond donors (Lipinski definition) is 5. The lowest BCUT2D eigenvalue weighted by atomic mass is 10.1. The van der Waals surface area contributed by atoms with Gasteiger partial charge in [-0.25, -0.2) is 4.57 Å². The van der Waals surface area contributed by atoms with Crippen molar-refractivity contribution in [2.45, 2.75) is 50.2 Å². The molecule has 0 bridgehead atoms. The summed E-state index contributed by atoms with van der Waals surface area (Å²) in [7, 11) is 0. The van der Waals surface area contributed by atoms with Crippen LogP contribution < -0.4 is 11.1 Å². The fourth-order valence-electron chi connectivity index (χ4n) is 4.28. The van der Waals surface area contributed by atoms with Crippen molar-refractivity contribution in [1.82, 2.24) is 14.9 Å². The topological polar surface area (TPSA) is 169 Å². The molecule has 1 fully saturated rings. The zero-order valence-electron chi connectivity index (χ0n) is 19.6. The maximum absolute atomic E-state index is 12.4. The highest BCUT2D eigenvalue weighted by Crippen LogP contribution is 2.33. The van der Waals surface area contributed by atoms with Crippen molar-refractivity contribution in [3.8, 4) is 11.8 Å². The van der Waals surface area contributed by atoms with Crippen LogP contribution in [0.4, 0.5) is 5.82 Å². The number of rotatable bonds is 9. The number of ether oxygens (including phenoxy) is 1. The van der Waals surface area contributed by atoms with Gasteiger partial charge in [0.2, 0.25) is 12.1 Å². The fourth-order valence-corrected chi connectivity index (χ4v) is 4.28. The number of amides is 1. The number of carbonyl (C=O) groups is 1. The molecular weight excluding hydrogens is 466 g/mol. The number of nitro groups is 1. The highest BCUT2D eigenvalue weighted by molar-refractivity contribution is 5.86. The first-order valence-corrected chi connectivity index (χ1v) is 11.7. The van der Waals surface area contributed by atoms with E-state index in [0.717, 1.165) is 16.5 Å². The molecular formula is C25H29N5O6. The molecule has 2 aromatic heterocycles. The Morgan fingerprint density at radius 3 is 2.97 bits per heavy atom. The minimum absolute atomic E-state index is 0.135. The fraction of sp³-hybridized carbons (Fsp3) is 0.400. The number of hydrogen-bond acceptors (Lipinski definition) is 7. The molecule has 4 atom stereocenters. The monoisotopic (exact) mass is 495 g/mol. The Morgan fingerprint density at radius 2 is 2.22 bits per heavy atom. The van der Waals surface area contributed by atoms with E-state index < -0.39 is 29.4 Å². The van der Waals surface area contributed by atoms with Gasteiger partial charge in [0, 0.05) is 36.5 Å². The molecule has 190 valence electrons. The molecule has 0 aliphatic carbocycles. The van der Waals surface area contributed by atoms with Gasteiger partial charge in [-0.2, -0.15) is 0 Å². The molecule has 3 aromatic rings. The van der Waals surface area contributed by atoms with E-state index in [1.165, 1.54) is 16.8 Å². The summed E-state index contributed by atoms with van der Waals surface area (Å²) < 4.78 is 6.84. The SMILES string of the molecule is N[C@@H](Cc1c[nH]c2ccccc12)C(=O)NCCCC#Cc1cc([N+](=O)[O-])n([C@H]2C[C@H](O)[C@@H](CO)O2)c1. The predicted octanol–water partition coefficient (Wildman–Crippen LogP) is 1.34. The number of carbonyl (C=O) groups excluding carboxylic acids is 1. The van der Waals surface area contributed by atoms with Gasteiger partial charge in [-0.05, 0) is 29.4 Å². The number of benzene rings is 1. The second kappa shape index (κ2) is 11.4. The smallest absolute Gasteiger partial charge is 0.326 e. The summed E-state index contributed by atoms with van der Waals surface area (Å²) in [5.74, 6) is 5.41. The van der Waals surface area contributed by atoms with E-state index in [4.69, 9.17) is 10.5 Å². The zero-order valence-corrected chi connectivity index (χ0v) is 19.6. The summed E-state index contributed by atoms with van der Waals surface area (Å²) in [4.78, 5) is 26.4. The Kier molecular flexibility index (Phi) is 8.02. The van der Waals surface area contributed by atoms with E-state index in [2.05, 4.69) is 22.1 Å². The van der Waals surface area contributed by atoms with Crippen LogP contribution in [-0.2, 0) is 16.0 Å². The van der Waals surface area contributed by atoms with Gasteiger partial charge in [0.05, 0.1) is 30.4 Å². The largest absolute Gasteiger partial charge is 0.394 e. The Hall–Kier alpha value is -3.69. The molecule has 3 heterocycles. The van der Waals surface area contributed by atoms with E-state index in [0.29, 0.717) is 31.4 Å². The second-order valence-electron chi connectivity index (χ2n) is 8.73. The number of aromatic amines is 1. The molecule has 1 aliphatic heterocycles. The van der Waals surface area contributed by atoms with Gasteiger partial charge in [0.25, 0.3) is 0 Å². The van der Waals surface area contributed by atoms with Crippen molar-refractivity contribution >= 4 is 22.6 Å². The average molecular weight is 496 g/mol. The van der Waals surface area contributed by atoms with Crippen molar-refractivity contribution in [1.29, 1.82) is 0 Å². The Bertz CT molecular complexity index is 1290. The lowest BCUT2D eigenvalue weighted by Gasteiger charge is -2.11. The lowest BCUT2D eigenvalue weighted by Crippen LogP contribution is -2.42. The maximum atomic E-state index is 12.4. The zero-order chi connectivity index (χ0) is 25.7. The van der Waals surface area contributed by atoms with E-state index in [1.807, 2.05) is 30.5 Å². The molecule has 36 heavy (non-hydrogen) atoms. The van der Waals surface area contributed by atoms with Crippen LogP contribution in [-0.4, -0.2) is 62.0 Å². The van der Waals surface area contributed by atoms with Gasteiger partial charge in [-0.1, -0.05) is 30.0 Å². The van der Waals surface area contributed by atoms with Crippen LogP contribution >= 0.6 is 0 Å². The van der Waals surface area contributed by atoms with E-state index >= 15 is 0 Å². The van der Waals surface area contributed by atoms with Crippen LogP contribution in [0.25, 0.3) is 10.9 Å². The van der Waals surface area contributed by atoms with E-state index in [9.17, 15) is 25.1 Å². The third kappa shape index (κ3) is 5.75. The molecule has 0 spiro atoms. The predicted molar refractivity (Wildman–Crippen MR) is 132 cm³/mol. The minimum Gasteiger partial charge on any atom is -0.394 e. The van der Waals surface area contributed by atoms with Crippen LogP contribution in [0.5, 0.6) is 0 Å². The average Bonchev–Trinajstić information content (AvgIpc) is 3.58. The highest BCUT2D eigenvalue weighted by atomic mass is 16.6. The van der Waals surface area contributed by atoms with Crippen LogP contribution in [0.15, 0.2) is 42.7 Å². The van der Waals surface area contributed by atoms with Crippen LogP contribution in [0.3, 0.4) is 0 Å². The Balaban J connectivity index is 1.25. The summed E-state index contributed by atoms with van der Waals surface area (Å²) in [6.45, 7) is 0.0382. The number of aromatic nitrogens is 2. The van der Waals surface area contributed by atoms with Crippen LogP contribution in [0.1, 0.15) is 36.6 Å². The number of nitrogens with two attached hydrogens (primary N) is 1. The molecule has 1 saturated heterocycles. The van der Waals surface area contributed by atoms with Crippen molar-refractivity contribution in [3.05, 3.63) is 64.0 Å². The number of nitrogens with zero attached hydrogens (tertiary/aromatic N) is 2. The first-order valence-electron chi connectivity index (χ1n) is 11.7. The molecule has 0 saturated carbocycles. The molecule has 6 N–H and O–H groups in total. The lowest BCUT2D eigenvalue weighted by molar-refractivity contribution is -0.393. The van der Waals surface area contributed by atoms with Crippen molar-refractivity contribution in [3.63, 3.8) is 0 Å². The summed E-state index contributed by atoms with van der Waals surface area (Å²) >= 11 is 0. The van der Waals surface area contributed by atoms with Gasteiger partial charge in [0.15, 0.2) is 0 Å². The number of fused-ring (bicyclic) bond motifs is 1. The van der Waals surface area contributed by atoms with Crippen molar-refractivity contribution < 1.29 is 24.7 Å². The Labute approximate surface area is 207 Å². The maximum Gasteiger partial charge on any atom is 0.326 e. The number of para-hydroxylation sites is 1. The van der Waals surface area contributed by atoms with Gasteiger partial charge in [0.1, 0.15) is 12.3 Å². The van der Waals surface area contributed by atoms with Gasteiger partial charge >= 0.3 is 5.82 Å². The van der Waals surface area contributed by atoms with Gasteiger partial charge in [-0.15, -0.1) is 0 Å². The molecule has 0 unspecified atom stereocenters. The normalized spacial score (nSPS) is 20.1. The molecule has 4 rings (SSSR count). The summed E-state index contributed by atoms with van der Waals surface area (Å²) in [5.41, 5.74) is 8.52. The number of nitrogens with one attached hydrogen (secondary N) is 2. The number of aliphatic hydroxyl groups is 2. The molecule has 1 amide bonds. The Morgan fingerprint density at radius 1 is 1.42 bits per heavy atom. The summed E-state index contributed by atoms with van der Waals surface area (Å²) in [6, 6.07) is 8.52. The third-order valence-corrected chi connectivity index (χ3v) is 6.17. The van der Waals surface area contributed by atoms with E-state index in [-0.39, 0.29) is 24.8 Å². The van der Waals surface area contributed by atoms with Crippen molar-refractivity contribution in [2.75, 3.05) is 13.2 Å². The first kappa shape index (κ1) is 25.4. The van der Waals surface area contributed by atoms with Crippen LogP contribution in [0, 0.1) is 22.0 Å². The van der Waals surface area contributed by atoms with Crippen molar-refractivity contribution in [2.24, 2.45) is 5.73 Å². The molecule has 0 radical (unpaired) electrons. The molecule has 11 heteroatoms. The molecule has 11 nitrogen and oxygen atoms in total. The quantitative estimate of drug-likeness (QED) is 0.129. The minimum atomic E-state index is -0.901. The van der Waals surface area contributed by atoms with E-state index in [1.54, 1.807) is 0 Å².